The van der Waals surface area contributed by atoms with E-state index in [-0.39, 0.29) is 17.5 Å². The third-order valence-electron chi connectivity index (χ3n) is 3.78. The van der Waals surface area contributed by atoms with Crippen LogP contribution in [0.5, 0.6) is 0 Å². The van der Waals surface area contributed by atoms with Crippen molar-refractivity contribution in [2.24, 2.45) is 0 Å². The molecular formula is C18H17FN4O. The first kappa shape index (κ1) is 15.9. The maximum Gasteiger partial charge on any atom is 0.251 e. The van der Waals surface area contributed by atoms with Gasteiger partial charge in [-0.05, 0) is 30.2 Å². The molecule has 0 saturated carbocycles. The number of carbonyl (C=O) groups excluding carboxylic acids is 1. The molecule has 24 heavy (non-hydrogen) atoms. The van der Waals surface area contributed by atoms with E-state index in [0.29, 0.717) is 12.1 Å². The molecule has 1 N–H and O–H groups in total. The number of aromatic nitrogens is 3. The van der Waals surface area contributed by atoms with Crippen LogP contribution in [0.3, 0.4) is 0 Å². The zero-order valence-electron chi connectivity index (χ0n) is 13.2. The molecule has 0 fully saturated rings. The highest BCUT2D eigenvalue weighted by Crippen LogP contribution is 2.16. The Balaban J connectivity index is 1.83. The Morgan fingerprint density at radius 2 is 2.04 bits per heavy atom. The summed E-state index contributed by atoms with van der Waals surface area (Å²) in [4.78, 5) is 16.4. The molecule has 122 valence electrons. The first-order valence-electron chi connectivity index (χ1n) is 7.58. The van der Waals surface area contributed by atoms with E-state index in [0.717, 1.165) is 5.56 Å². The molecule has 0 unspecified atom stereocenters. The fourth-order valence-corrected chi connectivity index (χ4v) is 2.41. The zero-order valence-corrected chi connectivity index (χ0v) is 13.2. The Morgan fingerprint density at radius 3 is 2.71 bits per heavy atom. The van der Waals surface area contributed by atoms with Gasteiger partial charge < -0.3 is 5.32 Å². The second-order valence-corrected chi connectivity index (χ2v) is 5.52. The van der Waals surface area contributed by atoms with Crippen LogP contribution in [0, 0.1) is 12.7 Å². The number of benzene rings is 2. The molecule has 6 heteroatoms. The van der Waals surface area contributed by atoms with Crippen LogP contribution >= 0.6 is 0 Å². The Morgan fingerprint density at radius 1 is 1.25 bits per heavy atom. The summed E-state index contributed by atoms with van der Waals surface area (Å²) in [6, 6.07) is 13.7. The van der Waals surface area contributed by atoms with Gasteiger partial charge in [0, 0.05) is 5.56 Å². The summed E-state index contributed by atoms with van der Waals surface area (Å²) in [5, 5.41) is 7.02. The summed E-state index contributed by atoms with van der Waals surface area (Å²) in [7, 11) is 0. The van der Waals surface area contributed by atoms with Crippen LogP contribution in [0.4, 0.5) is 4.39 Å². The number of nitrogens with one attached hydrogen (secondary N) is 1. The van der Waals surface area contributed by atoms with Gasteiger partial charge >= 0.3 is 0 Å². The molecule has 1 aromatic heterocycles. The highest BCUT2D eigenvalue weighted by molar-refractivity contribution is 5.94. The molecule has 0 aliphatic rings. The summed E-state index contributed by atoms with van der Waals surface area (Å²) in [6.07, 6.45) is 3.03. The number of carbonyl (C=O) groups is 1. The van der Waals surface area contributed by atoms with Crippen molar-refractivity contribution in [2.75, 3.05) is 0 Å². The molecule has 1 atom stereocenters. The van der Waals surface area contributed by atoms with Crippen LogP contribution in [0.1, 0.15) is 27.5 Å². The molecule has 0 aliphatic heterocycles. The lowest BCUT2D eigenvalue weighted by atomic mass is 10.1. The van der Waals surface area contributed by atoms with E-state index < -0.39 is 5.82 Å². The number of hydrogen-bond donors (Lipinski definition) is 1. The second-order valence-electron chi connectivity index (χ2n) is 5.52. The van der Waals surface area contributed by atoms with Gasteiger partial charge in [-0.1, -0.05) is 36.4 Å². The van der Waals surface area contributed by atoms with Crippen molar-refractivity contribution in [3.63, 3.8) is 0 Å². The van der Waals surface area contributed by atoms with Gasteiger partial charge in [-0.3, -0.25) is 9.48 Å². The molecule has 1 amide bonds. The first-order chi connectivity index (χ1) is 11.6. The number of rotatable bonds is 5. The van der Waals surface area contributed by atoms with Gasteiger partial charge in [-0.15, -0.1) is 0 Å². The third-order valence-corrected chi connectivity index (χ3v) is 3.78. The summed E-state index contributed by atoms with van der Waals surface area (Å²) >= 11 is 0. The molecule has 1 heterocycles. The molecule has 0 aliphatic carbocycles. The van der Waals surface area contributed by atoms with Gasteiger partial charge in [0.15, 0.2) is 0 Å². The van der Waals surface area contributed by atoms with E-state index in [2.05, 4.69) is 15.4 Å². The normalized spacial score (nSPS) is 11.9. The van der Waals surface area contributed by atoms with Gasteiger partial charge in [-0.2, -0.15) is 5.10 Å². The molecule has 0 spiro atoms. The van der Waals surface area contributed by atoms with Crippen LogP contribution in [0.25, 0.3) is 0 Å². The first-order valence-corrected chi connectivity index (χ1v) is 7.58. The van der Waals surface area contributed by atoms with Crippen molar-refractivity contribution in [1.29, 1.82) is 0 Å². The molecule has 2 aromatic carbocycles. The van der Waals surface area contributed by atoms with Gasteiger partial charge in [0.1, 0.15) is 18.5 Å². The maximum absolute atomic E-state index is 13.7. The van der Waals surface area contributed by atoms with Gasteiger partial charge in [0.05, 0.1) is 12.6 Å². The monoisotopic (exact) mass is 324 g/mol. The molecule has 0 saturated heterocycles. The maximum atomic E-state index is 13.7. The van der Waals surface area contributed by atoms with Crippen molar-refractivity contribution in [3.8, 4) is 0 Å². The Hall–Kier alpha value is -3.02. The van der Waals surface area contributed by atoms with Crippen LogP contribution in [0.2, 0.25) is 0 Å². The average molecular weight is 324 g/mol. The standard InChI is InChI=1S/C18H17FN4O/c1-13-7-8-15(9-16(13)19)18(24)22-17(10-23-12-20-11-21-23)14-5-3-2-4-6-14/h2-9,11-12,17H,10H2,1H3,(H,22,24)/t17-/m1/s1. The van der Waals surface area contributed by atoms with E-state index in [4.69, 9.17) is 0 Å². The van der Waals surface area contributed by atoms with Gasteiger partial charge in [0.25, 0.3) is 5.91 Å². The molecule has 3 aromatic rings. The molecule has 5 nitrogen and oxygen atoms in total. The number of aryl methyl sites for hydroxylation is 1. The number of hydrogen-bond acceptors (Lipinski definition) is 3. The molecular weight excluding hydrogens is 307 g/mol. The second kappa shape index (κ2) is 7.04. The molecule has 0 radical (unpaired) electrons. The van der Waals surface area contributed by atoms with E-state index in [1.807, 2.05) is 30.3 Å². The third kappa shape index (κ3) is 3.65. The topological polar surface area (TPSA) is 59.8 Å². The van der Waals surface area contributed by atoms with Crippen LogP contribution in [-0.2, 0) is 6.54 Å². The largest absolute Gasteiger partial charge is 0.343 e. The summed E-state index contributed by atoms with van der Waals surface area (Å²) in [5.41, 5.74) is 1.74. The van der Waals surface area contributed by atoms with Crippen LogP contribution in [-0.4, -0.2) is 20.7 Å². The Bertz CT molecular complexity index is 818. The minimum atomic E-state index is -0.393. The molecule has 0 bridgehead atoms. The van der Waals surface area contributed by atoms with E-state index in [1.54, 1.807) is 30.1 Å². The summed E-state index contributed by atoms with van der Waals surface area (Å²) in [5.74, 6) is -0.724. The zero-order chi connectivity index (χ0) is 16.9. The van der Waals surface area contributed by atoms with Gasteiger partial charge in [0.2, 0.25) is 0 Å². The predicted octanol–water partition coefficient (Wildman–Crippen LogP) is 2.90. The number of amides is 1. The van der Waals surface area contributed by atoms with E-state index >= 15 is 0 Å². The fourth-order valence-electron chi connectivity index (χ4n) is 2.41. The minimum absolute atomic E-state index is 0.289. The van der Waals surface area contributed by atoms with Crippen molar-refractivity contribution in [1.82, 2.24) is 20.1 Å². The fraction of sp³-hybridized carbons (Fsp3) is 0.167. The molecule has 3 rings (SSSR count). The van der Waals surface area contributed by atoms with Crippen molar-refractivity contribution >= 4 is 5.91 Å². The smallest absolute Gasteiger partial charge is 0.251 e. The number of halogens is 1. The van der Waals surface area contributed by atoms with Crippen molar-refractivity contribution < 1.29 is 9.18 Å². The highest BCUT2D eigenvalue weighted by Gasteiger charge is 2.17. The van der Waals surface area contributed by atoms with E-state index in [1.165, 1.54) is 12.4 Å². The summed E-state index contributed by atoms with van der Waals surface area (Å²) in [6.45, 7) is 2.10. The average Bonchev–Trinajstić information content (AvgIpc) is 3.10. The van der Waals surface area contributed by atoms with Crippen LogP contribution < -0.4 is 5.32 Å². The lowest BCUT2D eigenvalue weighted by molar-refractivity contribution is 0.0931. The number of nitrogens with zero attached hydrogens (tertiary/aromatic N) is 3. The summed E-state index contributed by atoms with van der Waals surface area (Å²) < 4.78 is 15.3. The Labute approximate surface area is 139 Å². The highest BCUT2D eigenvalue weighted by atomic mass is 19.1. The van der Waals surface area contributed by atoms with Gasteiger partial charge in [-0.25, -0.2) is 9.37 Å². The SMILES string of the molecule is Cc1ccc(C(=O)N[C@H](Cn2cncn2)c2ccccc2)cc1F. The van der Waals surface area contributed by atoms with E-state index in [9.17, 15) is 9.18 Å². The predicted molar refractivity (Wildman–Crippen MR) is 87.8 cm³/mol. The van der Waals surface area contributed by atoms with Crippen LogP contribution in [0.15, 0.2) is 61.2 Å². The lowest BCUT2D eigenvalue weighted by Crippen LogP contribution is -2.31. The lowest BCUT2D eigenvalue weighted by Gasteiger charge is -2.19. The van der Waals surface area contributed by atoms with Crippen molar-refractivity contribution in [3.05, 3.63) is 83.7 Å². The minimum Gasteiger partial charge on any atom is -0.343 e. The van der Waals surface area contributed by atoms with Crippen molar-refractivity contribution in [2.45, 2.75) is 19.5 Å². The Kier molecular flexibility index (Phi) is 4.65. The quantitative estimate of drug-likeness (QED) is 0.785.